The predicted octanol–water partition coefficient (Wildman–Crippen LogP) is 2.88. The van der Waals surface area contributed by atoms with Crippen molar-refractivity contribution in [2.45, 2.75) is 26.3 Å². The third-order valence-corrected chi connectivity index (χ3v) is 5.43. The van der Waals surface area contributed by atoms with Gasteiger partial charge in [0.25, 0.3) is 0 Å². The van der Waals surface area contributed by atoms with Crippen LogP contribution in [0.4, 0.5) is 5.95 Å². The molecule has 2 aromatic heterocycles. The van der Waals surface area contributed by atoms with Crippen molar-refractivity contribution in [2.24, 2.45) is 0 Å². The summed E-state index contributed by atoms with van der Waals surface area (Å²) in [6.45, 7) is 8.20. The number of imidazole rings is 1. The SMILES string of the molecule is CCc1ccc2nc(NCCCN3CCOCC3)n(Cc3ncccc3O)c2c1. The molecule has 3 aromatic rings. The maximum Gasteiger partial charge on any atom is 0.204 e. The lowest BCUT2D eigenvalue weighted by molar-refractivity contribution is 0.0378. The van der Waals surface area contributed by atoms with Gasteiger partial charge in [0.05, 0.1) is 30.8 Å². The second-order valence-corrected chi connectivity index (χ2v) is 7.40. The fraction of sp³-hybridized carbons (Fsp3) is 0.455. The molecule has 7 nitrogen and oxygen atoms in total. The number of aromatic nitrogens is 3. The summed E-state index contributed by atoms with van der Waals surface area (Å²) in [5, 5.41) is 13.7. The molecule has 1 fully saturated rings. The van der Waals surface area contributed by atoms with E-state index >= 15 is 0 Å². The van der Waals surface area contributed by atoms with Crippen LogP contribution < -0.4 is 5.32 Å². The monoisotopic (exact) mass is 395 g/mol. The van der Waals surface area contributed by atoms with Crippen LogP contribution in [-0.2, 0) is 17.7 Å². The van der Waals surface area contributed by atoms with Crippen molar-refractivity contribution in [3.05, 3.63) is 47.8 Å². The molecule has 2 N–H and O–H groups in total. The fourth-order valence-corrected chi connectivity index (χ4v) is 3.71. The number of rotatable bonds is 8. The van der Waals surface area contributed by atoms with Crippen LogP contribution in [0.25, 0.3) is 11.0 Å². The zero-order chi connectivity index (χ0) is 20.1. The Hall–Kier alpha value is -2.64. The van der Waals surface area contributed by atoms with Crippen LogP contribution in [0.15, 0.2) is 36.5 Å². The molecule has 1 saturated heterocycles. The molecular formula is C22H29N5O2. The Bertz CT molecular complexity index is 950. The van der Waals surface area contributed by atoms with E-state index < -0.39 is 0 Å². The van der Waals surface area contributed by atoms with E-state index in [1.165, 1.54) is 5.56 Å². The van der Waals surface area contributed by atoms with Crippen LogP contribution in [-0.4, -0.2) is 63.9 Å². The smallest absolute Gasteiger partial charge is 0.204 e. The maximum atomic E-state index is 10.2. The fourth-order valence-electron chi connectivity index (χ4n) is 3.71. The molecule has 0 atom stereocenters. The molecule has 1 aromatic carbocycles. The Morgan fingerprint density at radius 3 is 2.86 bits per heavy atom. The van der Waals surface area contributed by atoms with E-state index in [9.17, 15) is 5.11 Å². The van der Waals surface area contributed by atoms with E-state index in [2.05, 4.69) is 44.9 Å². The molecule has 154 valence electrons. The molecule has 0 unspecified atom stereocenters. The van der Waals surface area contributed by atoms with Gasteiger partial charge in [-0.05, 0) is 49.2 Å². The number of nitrogens with zero attached hydrogens (tertiary/aromatic N) is 4. The number of hydrogen-bond donors (Lipinski definition) is 2. The molecular weight excluding hydrogens is 366 g/mol. The number of pyridine rings is 1. The number of nitrogens with one attached hydrogen (secondary N) is 1. The second kappa shape index (κ2) is 9.24. The van der Waals surface area contributed by atoms with Gasteiger partial charge in [0, 0.05) is 25.8 Å². The number of aryl methyl sites for hydroxylation is 1. The lowest BCUT2D eigenvalue weighted by Gasteiger charge is -2.26. The van der Waals surface area contributed by atoms with E-state index in [0.717, 1.165) is 69.2 Å². The van der Waals surface area contributed by atoms with Gasteiger partial charge in [0.2, 0.25) is 5.95 Å². The number of fused-ring (bicyclic) bond motifs is 1. The van der Waals surface area contributed by atoms with E-state index in [-0.39, 0.29) is 5.75 Å². The Balaban J connectivity index is 1.52. The Labute approximate surface area is 171 Å². The average Bonchev–Trinajstić information content (AvgIpc) is 3.10. The van der Waals surface area contributed by atoms with Crippen LogP contribution in [0.1, 0.15) is 24.6 Å². The van der Waals surface area contributed by atoms with Crippen LogP contribution in [0.3, 0.4) is 0 Å². The number of aromatic hydroxyl groups is 1. The predicted molar refractivity (Wildman–Crippen MR) is 114 cm³/mol. The Morgan fingerprint density at radius 1 is 1.21 bits per heavy atom. The molecule has 0 amide bonds. The quantitative estimate of drug-likeness (QED) is 0.571. The summed E-state index contributed by atoms with van der Waals surface area (Å²) in [6.07, 6.45) is 3.72. The van der Waals surface area contributed by atoms with Crippen LogP contribution >= 0.6 is 0 Å². The highest BCUT2D eigenvalue weighted by Crippen LogP contribution is 2.24. The van der Waals surface area contributed by atoms with Crippen LogP contribution in [0.5, 0.6) is 5.75 Å². The first-order valence-corrected chi connectivity index (χ1v) is 10.4. The van der Waals surface area contributed by atoms with Gasteiger partial charge in [-0.25, -0.2) is 4.98 Å². The molecule has 29 heavy (non-hydrogen) atoms. The number of benzene rings is 1. The highest BCUT2D eigenvalue weighted by Gasteiger charge is 2.14. The van der Waals surface area contributed by atoms with Gasteiger partial charge < -0.3 is 19.7 Å². The van der Waals surface area contributed by atoms with Crippen molar-refractivity contribution in [2.75, 3.05) is 44.7 Å². The molecule has 1 aliphatic rings. The summed E-state index contributed by atoms with van der Waals surface area (Å²) in [5.74, 6) is 1.03. The van der Waals surface area contributed by atoms with Gasteiger partial charge in [-0.15, -0.1) is 0 Å². The van der Waals surface area contributed by atoms with Gasteiger partial charge >= 0.3 is 0 Å². The zero-order valence-corrected chi connectivity index (χ0v) is 17.0. The summed E-state index contributed by atoms with van der Waals surface area (Å²) in [4.78, 5) is 11.6. The van der Waals surface area contributed by atoms with Gasteiger partial charge in [-0.3, -0.25) is 9.88 Å². The molecule has 4 rings (SSSR count). The summed E-state index contributed by atoms with van der Waals surface area (Å²) >= 11 is 0. The maximum absolute atomic E-state index is 10.2. The zero-order valence-electron chi connectivity index (χ0n) is 17.0. The third-order valence-electron chi connectivity index (χ3n) is 5.43. The molecule has 0 bridgehead atoms. The average molecular weight is 396 g/mol. The van der Waals surface area contributed by atoms with Crippen LogP contribution in [0.2, 0.25) is 0 Å². The van der Waals surface area contributed by atoms with E-state index in [4.69, 9.17) is 9.72 Å². The number of hydrogen-bond acceptors (Lipinski definition) is 6. The first kappa shape index (κ1) is 19.7. The lowest BCUT2D eigenvalue weighted by atomic mass is 10.1. The largest absolute Gasteiger partial charge is 0.506 e. The molecule has 0 radical (unpaired) electrons. The van der Waals surface area contributed by atoms with Crippen molar-refractivity contribution in [1.29, 1.82) is 0 Å². The Morgan fingerprint density at radius 2 is 2.07 bits per heavy atom. The van der Waals surface area contributed by atoms with Crippen molar-refractivity contribution in [3.8, 4) is 5.75 Å². The molecule has 0 aliphatic carbocycles. The standard InChI is InChI=1S/C22H29N5O2/c1-2-17-6-7-18-20(15-17)27(16-19-21(28)5-3-8-23-19)22(25-18)24-9-4-10-26-11-13-29-14-12-26/h3,5-8,15,28H,2,4,9-14,16H2,1H3,(H,24,25). The summed E-state index contributed by atoms with van der Waals surface area (Å²) < 4.78 is 7.53. The summed E-state index contributed by atoms with van der Waals surface area (Å²) in [7, 11) is 0. The van der Waals surface area contributed by atoms with E-state index in [0.29, 0.717) is 12.2 Å². The number of anilines is 1. The van der Waals surface area contributed by atoms with Gasteiger partial charge in [0.1, 0.15) is 11.4 Å². The molecule has 0 saturated carbocycles. The number of ether oxygens (including phenoxy) is 1. The minimum Gasteiger partial charge on any atom is -0.506 e. The highest BCUT2D eigenvalue weighted by atomic mass is 16.5. The van der Waals surface area contributed by atoms with E-state index in [1.807, 2.05) is 0 Å². The number of morpholine rings is 1. The normalized spacial score (nSPS) is 15.1. The van der Waals surface area contributed by atoms with Gasteiger partial charge in [0.15, 0.2) is 0 Å². The molecule has 3 heterocycles. The van der Waals surface area contributed by atoms with Crippen molar-refractivity contribution in [1.82, 2.24) is 19.4 Å². The summed E-state index contributed by atoms with van der Waals surface area (Å²) in [6, 6.07) is 9.79. The molecule has 0 spiro atoms. The van der Waals surface area contributed by atoms with Gasteiger partial charge in [-0.1, -0.05) is 13.0 Å². The van der Waals surface area contributed by atoms with Gasteiger partial charge in [-0.2, -0.15) is 0 Å². The second-order valence-electron chi connectivity index (χ2n) is 7.40. The van der Waals surface area contributed by atoms with Crippen molar-refractivity contribution < 1.29 is 9.84 Å². The highest BCUT2D eigenvalue weighted by molar-refractivity contribution is 5.79. The minimum atomic E-state index is 0.208. The third kappa shape index (κ3) is 4.68. The van der Waals surface area contributed by atoms with E-state index in [1.54, 1.807) is 18.3 Å². The first-order chi connectivity index (χ1) is 14.2. The van der Waals surface area contributed by atoms with Crippen molar-refractivity contribution in [3.63, 3.8) is 0 Å². The topological polar surface area (TPSA) is 75.4 Å². The molecule has 7 heteroatoms. The Kier molecular flexibility index (Phi) is 6.27. The van der Waals surface area contributed by atoms with Crippen molar-refractivity contribution >= 4 is 17.0 Å². The lowest BCUT2D eigenvalue weighted by Crippen LogP contribution is -2.37. The minimum absolute atomic E-state index is 0.208. The van der Waals surface area contributed by atoms with Crippen LogP contribution in [0, 0.1) is 0 Å². The molecule has 1 aliphatic heterocycles. The summed E-state index contributed by atoms with van der Waals surface area (Å²) in [5.41, 5.74) is 3.92. The first-order valence-electron chi connectivity index (χ1n) is 10.4.